The lowest BCUT2D eigenvalue weighted by molar-refractivity contribution is -0.134. The number of carbonyl (C=O) groups excluding carboxylic acids is 1. The molecule has 0 bridgehead atoms. The summed E-state index contributed by atoms with van der Waals surface area (Å²) in [6, 6.07) is 9.63. The summed E-state index contributed by atoms with van der Waals surface area (Å²) in [5.74, 6) is 1.03. The maximum absolute atomic E-state index is 12.0. The molecule has 18 heavy (non-hydrogen) atoms. The van der Waals surface area contributed by atoms with Gasteiger partial charge in [-0.25, -0.2) is 0 Å². The van der Waals surface area contributed by atoms with Gasteiger partial charge < -0.3 is 14.4 Å². The van der Waals surface area contributed by atoms with Gasteiger partial charge in [-0.05, 0) is 18.6 Å². The lowest BCUT2D eigenvalue weighted by Gasteiger charge is -2.20. The van der Waals surface area contributed by atoms with Crippen molar-refractivity contribution < 1.29 is 14.3 Å². The molecule has 1 heterocycles. The summed E-state index contributed by atoms with van der Waals surface area (Å²) in [5.41, 5.74) is 0. The highest BCUT2D eigenvalue weighted by molar-refractivity contribution is 5.78. The Kier molecular flexibility index (Phi) is 4.59. The Morgan fingerprint density at radius 2 is 2.22 bits per heavy atom. The van der Waals surface area contributed by atoms with Gasteiger partial charge in [-0.2, -0.15) is 0 Å². The maximum Gasteiger partial charge on any atom is 0.227 e. The predicted molar refractivity (Wildman–Crippen MR) is 68.5 cm³/mol. The third kappa shape index (κ3) is 3.47. The van der Waals surface area contributed by atoms with Crippen LogP contribution in [0.5, 0.6) is 5.75 Å². The molecule has 1 aromatic carbocycles. The van der Waals surface area contributed by atoms with Crippen LogP contribution in [0.2, 0.25) is 0 Å². The first kappa shape index (κ1) is 12.9. The number of carbonyl (C=O) groups is 1. The molecule has 0 N–H and O–H groups in total. The molecule has 0 aromatic heterocycles. The molecule has 2 rings (SSSR count). The van der Waals surface area contributed by atoms with Crippen LogP contribution in [-0.2, 0) is 9.53 Å². The van der Waals surface area contributed by atoms with Crippen LogP contribution in [-0.4, -0.2) is 44.2 Å². The molecule has 0 aliphatic carbocycles. The minimum atomic E-state index is 0.0340. The quantitative estimate of drug-likeness (QED) is 0.795. The summed E-state index contributed by atoms with van der Waals surface area (Å²) in [5, 5.41) is 0. The van der Waals surface area contributed by atoms with E-state index in [0.717, 1.165) is 12.2 Å². The summed E-state index contributed by atoms with van der Waals surface area (Å²) in [6.07, 6.45) is 0.836. The molecule has 0 radical (unpaired) electrons. The van der Waals surface area contributed by atoms with Crippen molar-refractivity contribution in [3.05, 3.63) is 30.3 Å². The van der Waals surface area contributed by atoms with Gasteiger partial charge in [-0.1, -0.05) is 18.2 Å². The molecule has 1 amide bonds. The van der Waals surface area contributed by atoms with Crippen LogP contribution in [0.1, 0.15) is 6.42 Å². The third-order valence-electron chi connectivity index (χ3n) is 3.09. The highest BCUT2D eigenvalue weighted by Gasteiger charge is 2.25. The molecule has 1 saturated heterocycles. The molecule has 1 aliphatic rings. The molecule has 0 spiro atoms. The van der Waals surface area contributed by atoms with Gasteiger partial charge in [0.25, 0.3) is 0 Å². The first-order chi connectivity index (χ1) is 8.77. The van der Waals surface area contributed by atoms with Gasteiger partial charge in [-0.15, -0.1) is 0 Å². The fourth-order valence-corrected chi connectivity index (χ4v) is 1.97. The molecule has 98 valence electrons. The zero-order valence-electron chi connectivity index (χ0n) is 10.7. The van der Waals surface area contributed by atoms with Gasteiger partial charge in [-0.3, -0.25) is 4.79 Å². The Labute approximate surface area is 107 Å². The average molecular weight is 249 g/mol. The largest absolute Gasteiger partial charge is 0.492 e. The standard InChI is InChI=1S/C14H19NO3/c1-15(14(16)12-7-9-17-11-12)8-10-18-13-5-3-2-4-6-13/h2-6,12H,7-11H2,1H3. The number of hydrogen-bond donors (Lipinski definition) is 0. The van der Waals surface area contributed by atoms with Gasteiger partial charge in [0.2, 0.25) is 5.91 Å². The van der Waals surface area contributed by atoms with Crippen LogP contribution in [0.4, 0.5) is 0 Å². The summed E-state index contributed by atoms with van der Waals surface area (Å²) in [6.45, 7) is 2.37. The van der Waals surface area contributed by atoms with Gasteiger partial charge in [0, 0.05) is 13.7 Å². The number of amides is 1. The van der Waals surface area contributed by atoms with Crippen LogP contribution in [0, 0.1) is 5.92 Å². The number of ether oxygens (including phenoxy) is 2. The van der Waals surface area contributed by atoms with Gasteiger partial charge in [0.1, 0.15) is 12.4 Å². The van der Waals surface area contributed by atoms with Crippen LogP contribution >= 0.6 is 0 Å². The Morgan fingerprint density at radius 1 is 1.44 bits per heavy atom. The van der Waals surface area contributed by atoms with E-state index >= 15 is 0 Å². The highest BCUT2D eigenvalue weighted by Crippen LogP contribution is 2.15. The molecule has 1 unspecified atom stereocenters. The molecule has 1 atom stereocenters. The molecule has 1 fully saturated rings. The fraction of sp³-hybridized carbons (Fsp3) is 0.500. The van der Waals surface area contributed by atoms with E-state index in [1.165, 1.54) is 0 Å². The van der Waals surface area contributed by atoms with Crippen LogP contribution in [0.25, 0.3) is 0 Å². The smallest absolute Gasteiger partial charge is 0.227 e. The van der Waals surface area contributed by atoms with E-state index < -0.39 is 0 Å². The minimum absolute atomic E-state index is 0.0340. The van der Waals surface area contributed by atoms with E-state index in [1.807, 2.05) is 37.4 Å². The monoisotopic (exact) mass is 249 g/mol. The lowest BCUT2D eigenvalue weighted by atomic mass is 10.1. The van der Waals surface area contributed by atoms with Crippen molar-refractivity contribution in [3.63, 3.8) is 0 Å². The fourth-order valence-electron chi connectivity index (χ4n) is 1.97. The number of para-hydroxylation sites is 1. The van der Waals surface area contributed by atoms with Crippen LogP contribution in [0.3, 0.4) is 0 Å². The number of likely N-dealkylation sites (N-methyl/N-ethyl adjacent to an activating group) is 1. The number of nitrogens with zero attached hydrogens (tertiary/aromatic N) is 1. The average Bonchev–Trinajstić information content (AvgIpc) is 2.93. The van der Waals surface area contributed by atoms with E-state index in [1.54, 1.807) is 4.90 Å². The zero-order valence-corrected chi connectivity index (χ0v) is 10.7. The topological polar surface area (TPSA) is 38.8 Å². The molecular formula is C14H19NO3. The van der Waals surface area contributed by atoms with E-state index in [4.69, 9.17) is 9.47 Å². The zero-order chi connectivity index (χ0) is 12.8. The highest BCUT2D eigenvalue weighted by atomic mass is 16.5. The number of rotatable bonds is 5. The van der Waals surface area contributed by atoms with Crippen LogP contribution < -0.4 is 4.74 Å². The van der Waals surface area contributed by atoms with E-state index in [-0.39, 0.29) is 11.8 Å². The Bertz CT molecular complexity index is 374. The van der Waals surface area contributed by atoms with Crippen molar-refractivity contribution in [2.24, 2.45) is 5.92 Å². The molecule has 0 saturated carbocycles. The molecule has 1 aromatic rings. The summed E-state index contributed by atoms with van der Waals surface area (Å²) >= 11 is 0. The molecule has 4 nitrogen and oxygen atoms in total. The predicted octanol–water partition coefficient (Wildman–Crippen LogP) is 1.56. The van der Waals surface area contributed by atoms with E-state index in [0.29, 0.717) is 26.4 Å². The third-order valence-corrected chi connectivity index (χ3v) is 3.09. The summed E-state index contributed by atoms with van der Waals surface area (Å²) < 4.78 is 10.8. The summed E-state index contributed by atoms with van der Waals surface area (Å²) in [7, 11) is 1.81. The van der Waals surface area contributed by atoms with Crippen molar-refractivity contribution in [3.8, 4) is 5.75 Å². The second-order valence-corrected chi connectivity index (χ2v) is 4.48. The van der Waals surface area contributed by atoms with Gasteiger partial charge in [0.05, 0.1) is 19.1 Å². The molecule has 4 heteroatoms. The number of hydrogen-bond acceptors (Lipinski definition) is 3. The second kappa shape index (κ2) is 6.40. The normalized spacial score (nSPS) is 18.6. The summed E-state index contributed by atoms with van der Waals surface area (Å²) in [4.78, 5) is 13.7. The Morgan fingerprint density at radius 3 is 2.89 bits per heavy atom. The van der Waals surface area contributed by atoms with Crippen molar-refractivity contribution in [2.45, 2.75) is 6.42 Å². The SMILES string of the molecule is CN(CCOc1ccccc1)C(=O)C1CCOC1. The molecule has 1 aliphatic heterocycles. The van der Waals surface area contributed by atoms with Crippen molar-refractivity contribution >= 4 is 5.91 Å². The van der Waals surface area contributed by atoms with E-state index in [2.05, 4.69) is 0 Å². The second-order valence-electron chi connectivity index (χ2n) is 4.48. The first-order valence-electron chi connectivity index (χ1n) is 6.28. The maximum atomic E-state index is 12.0. The lowest BCUT2D eigenvalue weighted by Crippen LogP contribution is -2.36. The van der Waals surface area contributed by atoms with E-state index in [9.17, 15) is 4.79 Å². The van der Waals surface area contributed by atoms with Crippen molar-refractivity contribution in [1.82, 2.24) is 4.90 Å². The van der Waals surface area contributed by atoms with Gasteiger partial charge >= 0.3 is 0 Å². The number of benzene rings is 1. The molecular weight excluding hydrogens is 230 g/mol. The Hall–Kier alpha value is -1.55. The van der Waals surface area contributed by atoms with Crippen molar-refractivity contribution in [2.75, 3.05) is 33.4 Å². The van der Waals surface area contributed by atoms with Gasteiger partial charge in [0.15, 0.2) is 0 Å². The Balaban J connectivity index is 1.71. The first-order valence-corrected chi connectivity index (χ1v) is 6.28. The minimum Gasteiger partial charge on any atom is -0.492 e. The van der Waals surface area contributed by atoms with Crippen LogP contribution in [0.15, 0.2) is 30.3 Å². The van der Waals surface area contributed by atoms with Crippen molar-refractivity contribution in [1.29, 1.82) is 0 Å².